The zero-order valence-electron chi connectivity index (χ0n) is 19.0. The minimum atomic E-state index is -1.19. The Hall–Kier alpha value is -3.78. The van der Waals surface area contributed by atoms with Gasteiger partial charge in [0.25, 0.3) is 0 Å². The molecule has 0 radical (unpaired) electrons. The van der Waals surface area contributed by atoms with Crippen LogP contribution in [0.1, 0.15) is 29.3 Å². The third-order valence-corrected chi connectivity index (χ3v) is 6.74. The van der Waals surface area contributed by atoms with Crippen LogP contribution < -0.4 is 11.4 Å². The van der Waals surface area contributed by atoms with Crippen LogP contribution in [0.4, 0.5) is 5.82 Å². The molecule has 7 nitrogen and oxygen atoms in total. The molecule has 0 aliphatic carbocycles. The summed E-state index contributed by atoms with van der Waals surface area (Å²) in [6, 6.07) is 30.7. The molecule has 0 bridgehead atoms. The van der Waals surface area contributed by atoms with E-state index in [1.165, 1.54) is 16.8 Å². The average molecular weight is 470 g/mol. The number of rotatable bonds is 6. The fraction of sp³-hybridized carbons (Fsp3) is 0.214. The number of nitrogen functional groups attached to an aromatic ring is 1. The molecule has 4 aromatic rings. The number of anilines is 1. The molecule has 1 aliphatic heterocycles. The van der Waals surface area contributed by atoms with Gasteiger partial charge in [-0.1, -0.05) is 91.0 Å². The molecule has 0 amide bonds. The van der Waals surface area contributed by atoms with Gasteiger partial charge in [-0.05, 0) is 22.8 Å². The highest BCUT2D eigenvalue weighted by molar-refractivity contribution is 5.52. The summed E-state index contributed by atoms with van der Waals surface area (Å²) in [6.07, 6.45) is -2.35. The molecule has 178 valence electrons. The van der Waals surface area contributed by atoms with Crippen molar-refractivity contribution in [1.82, 2.24) is 9.55 Å². The lowest BCUT2D eigenvalue weighted by Crippen LogP contribution is -2.51. The van der Waals surface area contributed by atoms with Crippen molar-refractivity contribution in [1.29, 1.82) is 0 Å². The minimum Gasteiger partial charge on any atom is -0.390 e. The van der Waals surface area contributed by atoms with Crippen LogP contribution in [0.15, 0.2) is 108 Å². The molecule has 0 spiro atoms. The first-order valence-corrected chi connectivity index (χ1v) is 11.5. The molecule has 3 aromatic carbocycles. The second-order valence-corrected chi connectivity index (χ2v) is 8.75. The van der Waals surface area contributed by atoms with Gasteiger partial charge >= 0.3 is 5.69 Å². The lowest BCUT2D eigenvalue weighted by atomic mass is 9.64. The van der Waals surface area contributed by atoms with Crippen LogP contribution in [-0.4, -0.2) is 38.1 Å². The Morgan fingerprint density at radius 3 is 1.83 bits per heavy atom. The predicted molar refractivity (Wildman–Crippen MR) is 133 cm³/mol. The van der Waals surface area contributed by atoms with Crippen LogP contribution in [0.2, 0.25) is 0 Å². The lowest BCUT2D eigenvalue weighted by molar-refractivity contribution is -0.0976. The molecule has 4 atom stereocenters. The SMILES string of the molecule is Nc1ccn([C@H]2C[C@H](O)[C@@H](C(O)C(c3ccccc3)(c3ccccc3)c3ccccc3)O2)c(=O)n1. The van der Waals surface area contributed by atoms with Gasteiger partial charge in [0.05, 0.1) is 11.5 Å². The summed E-state index contributed by atoms with van der Waals surface area (Å²) in [5, 5.41) is 23.3. The molecule has 2 heterocycles. The molecule has 1 unspecified atom stereocenters. The third-order valence-electron chi connectivity index (χ3n) is 6.74. The molecular weight excluding hydrogens is 442 g/mol. The van der Waals surface area contributed by atoms with Crippen LogP contribution in [0.5, 0.6) is 0 Å². The molecule has 1 saturated heterocycles. The number of aromatic nitrogens is 2. The fourth-order valence-electron chi connectivity index (χ4n) is 5.14. The van der Waals surface area contributed by atoms with Crippen LogP contribution in [0.3, 0.4) is 0 Å². The van der Waals surface area contributed by atoms with Gasteiger partial charge in [-0.2, -0.15) is 4.98 Å². The van der Waals surface area contributed by atoms with Crippen molar-refractivity contribution >= 4 is 5.82 Å². The van der Waals surface area contributed by atoms with Gasteiger partial charge in [0.15, 0.2) is 0 Å². The summed E-state index contributed by atoms with van der Waals surface area (Å²) in [5.41, 5.74) is 6.58. The van der Waals surface area contributed by atoms with Crippen LogP contribution >= 0.6 is 0 Å². The van der Waals surface area contributed by atoms with Gasteiger partial charge in [-0.3, -0.25) is 4.57 Å². The van der Waals surface area contributed by atoms with Crippen LogP contribution in [0.25, 0.3) is 0 Å². The standard InChI is InChI=1S/C28H27N3O4/c29-23-16-17-31(27(34)30-23)24-18-22(32)25(35-24)26(33)28(19-10-4-1-5-11-19,20-12-6-2-7-13-20)21-14-8-3-9-15-21/h1-17,22,24-26,32-33H,18H2,(H2,29,30,34)/t22-,24+,25-,26?/m0/s1. The largest absolute Gasteiger partial charge is 0.390 e. The number of aliphatic hydroxyl groups is 2. The van der Waals surface area contributed by atoms with Crippen molar-refractivity contribution < 1.29 is 14.9 Å². The highest BCUT2D eigenvalue weighted by Gasteiger charge is 2.52. The van der Waals surface area contributed by atoms with Crippen molar-refractivity contribution in [2.45, 2.75) is 36.4 Å². The zero-order chi connectivity index (χ0) is 24.4. The Bertz CT molecular complexity index is 1230. The molecule has 1 aliphatic rings. The first-order valence-electron chi connectivity index (χ1n) is 11.5. The molecule has 1 fully saturated rings. The van der Waals surface area contributed by atoms with Crippen molar-refractivity contribution in [2.24, 2.45) is 0 Å². The number of aliphatic hydroxyl groups excluding tert-OH is 2. The van der Waals surface area contributed by atoms with Gasteiger partial charge in [0.1, 0.15) is 24.3 Å². The smallest absolute Gasteiger partial charge is 0.351 e. The second-order valence-electron chi connectivity index (χ2n) is 8.75. The molecule has 5 rings (SSSR count). The minimum absolute atomic E-state index is 0.109. The van der Waals surface area contributed by atoms with E-state index in [1.807, 2.05) is 91.0 Å². The Morgan fingerprint density at radius 1 is 0.886 bits per heavy atom. The normalized spacial score (nSPS) is 21.0. The zero-order valence-corrected chi connectivity index (χ0v) is 19.0. The van der Waals surface area contributed by atoms with Gasteiger partial charge in [-0.15, -0.1) is 0 Å². The first kappa shape index (κ1) is 23.0. The van der Waals surface area contributed by atoms with Crippen LogP contribution in [0, 0.1) is 0 Å². The molecule has 7 heteroatoms. The Balaban J connectivity index is 1.65. The topological polar surface area (TPSA) is 111 Å². The van der Waals surface area contributed by atoms with Gasteiger partial charge in [-0.25, -0.2) is 4.79 Å². The Kier molecular flexibility index (Phi) is 6.21. The number of hydrogen-bond acceptors (Lipinski definition) is 6. The summed E-state index contributed by atoms with van der Waals surface area (Å²) in [4.78, 5) is 16.2. The number of ether oxygens (including phenoxy) is 1. The molecule has 4 N–H and O–H groups in total. The van der Waals surface area contributed by atoms with E-state index in [0.29, 0.717) is 0 Å². The van der Waals surface area contributed by atoms with Gasteiger partial charge < -0.3 is 20.7 Å². The van der Waals surface area contributed by atoms with Gasteiger partial charge in [0, 0.05) is 12.6 Å². The maximum absolute atomic E-state index is 12.4. The quantitative estimate of drug-likeness (QED) is 0.375. The van der Waals surface area contributed by atoms with Crippen LogP contribution in [-0.2, 0) is 10.2 Å². The summed E-state index contributed by atoms with van der Waals surface area (Å²) < 4.78 is 7.49. The van der Waals surface area contributed by atoms with E-state index in [9.17, 15) is 15.0 Å². The van der Waals surface area contributed by atoms with E-state index in [2.05, 4.69) is 4.98 Å². The fourth-order valence-corrected chi connectivity index (χ4v) is 5.14. The van der Waals surface area contributed by atoms with E-state index in [0.717, 1.165) is 16.7 Å². The summed E-state index contributed by atoms with van der Waals surface area (Å²) in [6.45, 7) is 0. The van der Waals surface area contributed by atoms with Crippen molar-refractivity contribution in [3.8, 4) is 0 Å². The van der Waals surface area contributed by atoms with E-state index in [4.69, 9.17) is 10.5 Å². The molecule has 0 saturated carbocycles. The number of benzene rings is 3. The third kappa shape index (κ3) is 4.04. The predicted octanol–water partition coefficient (Wildman–Crippen LogP) is 2.87. The molecule has 1 aromatic heterocycles. The first-order chi connectivity index (χ1) is 17.0. The number of nitrogens with zero attached hydrogens (tertiary/aromatic N) is 2. The summed E-state index contributed by atoms with van der Waals surface area (Å²) in [5.74, 6) is 0.109. The van der Waals surface area contributed by atoms with Gasteiger partial charge in [0.2, 0.25) is 0 Å². The van der Waals surface area contributed by atoms with E-state index in [-0.39, 0.29) is 12.2 Å². The highest BCUT2D eigenvalue weighted by atomic mass is 16.5. The summed E-state index contributed by atoms with van der Waals surface area (Å²) in [7, 11) is 0. The monoisotopic (exact) mass is 469 g/mol. The highest BCUT2D eigenvalue weighted by Crippen LogP contribution is 2.46. The molecule has 35 heavy (non-hydrogen) atoms. The number of nitrogens with two attached hydrogens (primary N) is 1. The maximum Gasteiger partial charge on any atom is 0.351 e. The molecular formula is C28H27N3O4. The van der Waals surface area contributed by atoms with Crippen molar-refractivity contribution in [3.63, 3.8) is 0 Å². The lowest BCUT2D eigenvalue weighted by Gasteiger charge is -2.42. The summed E-state index contributed by atoms with van der Waals surface area (Å²) >= 11 is 0. The van der Waals surface area contributed by atoms with E-state index in [1.54, 1.807) is 0 Å². The number of hydrogen-bond donors (Lipinski definition) is 3. The Labute approximate surface area is 203 Å². The second kappa shape index (κ2) is 9.46. The maximum atomic E-state index is 12.4. The van der Waals surface area contributed by atoms with E-state index < -0.39 is 35.6 Å². The van der Waals surface area contributed by atoms with Crippen molar-refractivity contribution in [3.05, 3.63) is 130 Å². The Morgan fingerprint density at radius 2 is 1.37 bits per heavy atom. The van der Waals surface area contributed by atoms with E-state index >= 15 is 0 Å². The van der Waals surface area contributed by atoms with Crippen molar-refractivity contribution in [2.75, 3.05) is 5.73 Å². The average Bonchev–Trinajstić information content (AvgIpc) is 3.27.